The first-order chi connectivity index (χ1) is 12.0. The van der Waals surface area contributed by atoms with Gasteiger partial charge in [-0.1, -0.05) is 12.1 Å². The molecule has 1 aliphatic heterocycles. The highest BCUT2D eigenvalue weighted by molar-refractivity contribution is 7.14. The number of nitro groups is 1. The summed E-state index contributed by atoms with van der Waals surface area (Å²) in [7, 11) is 0. The van der Waals surface area contributed by atoms with Gasteiger partial charge in [0.2, 0.25) is 0 Å². The van der Waals surface area contributed by atoms with Crippen molar-refractivity contribution in [2.24, 2.45) is 0 Å². The maximum Gasteiger partial charge on any atom is 0.283 e. The van der Waals surface area contributed by atoms with Crippen LogP contribution < -0.4 is 5.32 Å². The topological polar surface area (TPSA) is 84.7 Å². The first kappa shape index (κ1) is 17.5. The number of amides is 1. The summed E-state index contributed by atoms with van der Waals surface area (Å²) in [6.45, 7) is 5.72. The summed E-state index contributed by atoms with van der Waals surface area (Å²) < 4.78 is 5.35. The van der Waals surface area contributed by atoms with Gasteiger partial charge in [-0.05, 0) is 24.6 Å². The fourth-order valence-corrected chi connectivity index (χ4v) is 3.61. The zero-order valence-corrected chi connectivity index (χ0v) is 14.7. The lowest BCUT2D eigenvalue weighted by molar-refractivity contribution is -0.385. The molecule has 0 radical (unpaired) electrons. The largest absolute Gasteiger partial charge is 0.379 e. The minimum Gasteiger partial charge on any atom is -0.379 e. The summed E-state index contributed by atoms with van der Waals surface area (Å²) in [5.74, 6) is -0.329. The molecule has 3 rings (SSSR count). The van der Waals surface area contributed by atoms with Crippen LogP contribution in [-0.4, -0.2) is 42.0 Å². The van der Waals surface area contributed by atoms with Crippen molar-refractivity contribution >= 4 is 28.6 Å². The number of nitrogens with one attached hydrogen (secondary N) is 1. The van der Waals surface area contributed by atoms with E-state index in [2.05, 4.69) is 10.2 Å². The standard InChI is InChI=1S/C17H19N3O4S/c1-12-15(20(22)23)10-16(25-12)17(21)18-14-4-2-3-13(9-14)11-19-5-7-24-8-6-19/h2-4,9-10H,5-8,11H2,1H3,(H,18,21). The molecule has 2 aromatic rings. The number of hydrogen-bond acceptors (Lipinski definition) is 6. The Bertz CT molecular complexity index is 784. The van der Waals surface area contributed by atoms with Crippen LogP contribution >= 0.6 is 11.3 Å². The van der Waals surface area contributed by atoms with E-state index in [1.165, 1.54) is 6.07 Å². The SMILES string of the molecule is Cc1sc(C(=O)Nc2cccc(CN3CCOCC3)c2)cc1[N+](=O)[O-]. The summed E-state index contributed by atoms with van der Waals surface area (Å²) >= 11 is 1.13. The number of thiophene rings is 1. The maximum absolute atomic E-state index is 12.4. The first-order valence-electron chi connectivity index (χ1n) is 7.98. The van der Waals surface area contributed by atoms with E-state index in [4.69, 9.17) is 4.74 Å². The molecule has 0 aliphatic carbocycles. The number of hydrogen-bond donors (Lipinski definition) is 1. The predicted octanol–water partition coefficient (Wildman–Crippen LogP) is 3.05. The van der Waals surface area contributed by atoms with E-state index in [0.717, 1.165) is 49.7 Å². The Hall–Kier alpha value is -2.29. The smallest absolute Gasteiger partial charge is 0.283 e. The quantitative estimate of drug-likeness (QED) is 0.653. The normalized spacial score (nSPS) is 15.1. The monoisotopic (exact) mass is 361 g/mol. The third kappa shape index (κ3) is 4.41. The van der Waals surface area contributed by atoms with Crippen molar-refractivity contribution < 1.29 is 14.5 Å². The van der Waals surface area contributed by atoms with E-state index in [0.29, 0.717) is 15.4 Å². The average Bonchev–Trinajstić information content (AvgIpc) is 2.98. The fraction of sp³-hybridized carbons (Fsp3) is 0.353. The zero-order valence-electron chi connectivity index (χ0n) is 13.9. The Labute approximate surface area is 149 Å². The number of nitrogens with zero attached hydrogens (tertiary/aromatic N) is 2. The van der Waals surface area contributed by atoms with Crippen molar-refractivity contribution in [1.29, 1.82) is 0 Å². The van der Waals surface area contributed by atoms with Crippen molar-refractivity contribution in [1.82, 2.24) is 4.90 Å². The molecule has 25 heavy (non-hydrogen) atoms. The Morgan fingerprint density at radius 2 is 2.12 bits per heavy atom. The third-order valence-corrected chi connectivity index (χ3v) is 5.05. The van der Waals surface area contributed by atoms with Crippen LogP contribution in [0.25, 0.3) is 0 Å². The van der Waals surface area contributed by atoms with Crippen LogP contribution in [0.5, 0.6) is 0 Å². The molecule has 1 fully saturated rings. The Kier molecular flexibility index (Phi) is 5.42. The molecule has 7 nitrogen and oxygen atoms in total. The van der Waals surface area contributed by atoms with Gasteiger partial charge in [-0.2, -0.15) is 0 Å². The van der Waals surface area contributed by atoms with Gasteiger partial charge in [0.25, 0.3) is 11.6 Å². The van der Waals surface area contributed by atoms with Crippen LogP contribution in [0.4, 0.5) is 11.4 Å². The Morgan fingerprint density at radius 1 is 1.36 bits per heavy atom. The second-order valence-electron chi connectivity index (χ2n) is 5.85. The zero-order chi connectivity index (χ0) is 17.8. The number of carbonyl (C=O) groups excluding carboxylic acids is 1. The fourth-order valence-electron chi connectivity index (χ4n) is 2.72. The van der Waals surface area contributed by atoms with Crippen LogP contribution in [0.2, 0.25) is 0 Å². The highest BCUT2D eigenvalue weighted by Gasteiger charge is 2.19. The molecule has 0 bridgehead atoms. The molecule has 8 heteroatoms. The lowest BCUT2D eigenvalue weighted by Crippen LogP contribution is -2.35. The van der Waals surface area contributed by atoms with Gasteiger partial charge in [-0.15, -0.1) is 11.3 Å². The summed E-state index contributed by atoms with van der Waals surface area (Å²) in [5, 5.41) is 13.7. The molecular weight excluding hydrogens is 342 g/mol. The van der Waals surface area contributed by atoms with Crippen molar-refractivity contribution in [3.8, 4) is 0 Å². The van der Waals surface area contributed by atoms with Crippen molar-refractivity contribution in [3.05, 3.63) is 55.8 Å². The van der Waals surface area contributed by atoms with Crippen LogP contribution in [0.3, 0.4) is 0 Å². The molecule has 0 atom stereocenters. The summed E-state index contributed by atoms with van der Waals surface area (Å²) in [5.41, 5.74) is 1.77. The number of aryl methyl sites for hydroxylation is 1. The molecular formula is C17H19N3O4S. The summed E-state index contributed by atoms with van der Waals surface area (Å²) in [6, 6.07) is 8.99. The predicted molar refractivity (Wildman–Crippen MR) is 96.2 cm³/mol. The first-order valence-corrected chi connectivity index (χ1v) is 8.80. The average molecular weight is 361 g/mol. The molecule has 0 unspecified atom stereocenters. The number of ether oxygens (including phenoxy) is 1. The van der Waals surface area contributed by atoms with Gasteiger partial charge in [0.05, 0.1) is 27.9 Å². The second kappa shape index (κ2) is 7.73. The van der Waals surface area contributed by atoms with Crippen molar-refractivity contribution in [2.45, 2.75) is 13.5 Å². The van der Waals surface area contributed by atoms with Gasteiger partial charge in [0, 0.05) is 31.4 Å². The Balaban J connectivity index is 1.68. The highest BCUT2D eigenvalue weighted by Crippen LogP contribution is 2.28. The minimum absolute atomic E-state index is 0.0174. The molecule has 0 saturated carbocycles. The van der Waals surface area contributed by atoms with Crippen molar-refractivity contribution in [3.63, 3.8) is 0 Å². The van der Waals surface area contributed by atoms with E-state index < -0.39 is 4.92 Å². The van der Waals surface area contributed by atoms with Gasteiger partial charge in [-0.25, -0.2) is 0 Å². The van der Waals surface area contributed by atoms with Gasteiger partial charge in [0.1, 0.15) is 0 Å². The van der Waals surface area contributed by atoms with E-state index in [1.807, 2.05) is 24.3 Å². The summed E-state index contributed by atoms with van der Waals surface area (Å²) in [4.78, 5) is 26.0. The molecule has 1 amide bonds. The molecule has 132 valence electrons. The lowest BCUT2D eigenvalue weighted by atomic mass is 10.2. The minimum atomic E-state index is -0.467. The maximum atomic E-state index is 12.4. The van der Waals surface area contributed by atoms with Crippen LogP contribution in [-0.2, 0) is 11.3 Å². The molecule has 1 N–H and O–H groups in total. The third-order valence-electron chi connectivity index (χ3n) is 4.01. The molecule has 1 saturated heterocycles. The van der Waals surface area contributed by atoms with Crippen molar-refractivity contribution in [2.75, 3.05) is 31.6 Å². The van der Waals surface area contributed by atoms with E-state index >= 15 is 0 Å². The molecule has 1 aliphatic rings. The number of anilines is 1. The van der Waals surface area contributed by atoms with Crippen LogP contribution in [0.1, 0.15) is 20.1 Å². The van der Waals surface area contributed by atoms with E-state index in [-0.39, 0.29) is 11.6 Å². The number of rotatable bonds is 5. The second-order valence-corrected chi connectivity index (χ2v) is 7.11. The number of morpholine rings is 1. The van der Waals surface area contributed by atoms with Gasteiger partial charge < -0.3 is 10.1 Å². The van der Waals surface area contributed by atoms with Gasteiger partial charge >= 0.3 is 0 Å². The molecule has 1 aromatic carbocycles. The van der Waals surface area contributed by atoms with E-state index in [1.54, 1.807) is 6.92 Å². The lowest BCUT2D eigenvalue weighted by Gasteiger charge is -2.26. The highest BCUT2D eigenvalue weighted by atomic mass is 32.1. The van der Waals surface area contributed by atoms with Gasteiger partial charge in [-0.3, -0.25) is 19.8 Å². The van der Waals surface area contributed by atoms with E-state index in [9.17, 15) is 14.9 Å². The Morgan fingerprint density at radius 3 is 2.80 bits per heavy atom. The number of benzene rings is 1. The van der Waals surface area contributed by atoms with Crippen LogP contribution in [0.15, 0.2) is 30.3 Å². The summed E-state index contributed by atoms with van der Waals surface area (Å²) in [6.07, 6.45) is 0. The number of carbonyl (C=O) groups is 1. The molecule has 2 heterocycles. The molecule has 0 spiro atoms. The van der Waals surface area contributed by atoms with Gasteiger partial charge in [0.15, 0.2) is 0 Å². The molecule has 1 aromatic heterocycles. The van der Waals surface area contributed by atoms with Crippen LogP contribution in [0, 0.1) is 17.0 Å².